The fourth-order valence-electron chi connectivity index (χ4n) is 5.29. The lowest BCUT2D eigenvalue weighted by molar-refractivity contribution is 0.0230. The number of likely N-dealkylation sites (N-methyl/N-ethyl adjacent to an activating group) is 1. The van der Waals surface area contributed by atoms with Crippen molar-refractivity contribution >= 4 is 29.6 Å². The fourth-order valence-corrected chi connectivity index (χ4v) is 5.29. The molecule has 0 radical (unpaired) electrons. The van der Waals surface area contributed by atoms with Gasteiger partial charge in [-0.3, -0.25) is 14.7 Å². The van der Waals surface area contributed by atoms with Crippen LogP contribution in [-0.4, -0.2) is 64.5 Å². The molecule has 3 aromatic carbocycles. The third kappa shape index (κ3) is 6.70. The number of rotatable bonds is 8. The third-order valence-corrected chi connectivity index (χ3v) is 7.66. The second-order valence-electron chi connectivity index (χ2n) is 11.4. The predicted octanol–water partition coefficient (Wildman–Crippen LogP) is 4.23. The summed E-state index contributed by atoms with van der Waals surface area (Å²) in [6, 6.07) is 23.6. The van der Waals surface area contributed by atoms with Gasteiger partial charge in [0.1, 0.15) is 0 Å². The van der Waals surface area contributed by atoms with Crippen LogP contribution in [0.3, 0.4) is 0 Å². The van der Waals surface area contributed by atoms with E-state index < -0.39 is 23.3 Å². The minimum atomic E-state index is -0.771. The highest BCUT2D eigenvalue weighted by molar-refractivity contribution is 6.12. The minimum absolute atomic E-state index is 0.00257. The number of carbonyl (C=O) groups is 4. The largest absolute Gasteiger partial charge is 0.362 e. The van der Waals surface area contributed by atoms with E-state index in [-0.39, 0.29) is 41.1 Å². The number of carbonyl (C=O) groups excluding carboxylic acids is 4. The average molecular weight is 610 g/mol. The summed E-state index contributed by atoms with van der Waals surface area (Å²) in [4.78, 5) is 60.9. The predicted molar refractivity (Wildman–Crippen MR) is 167 cm³/mol. The molecule has 1 aliphatic heterocycles. The first kappa shape index (κ1) is 31.0. The first-order valence-corrected chi connectivity index (χ1v) is 14.4. The van der Waals surface area contributed by atoms with E-state index in [2.05, 4.69) is 26.3 Å². The Morgan fingerprint density at radius 2 is 1.51 bits per heavy atom. The summed E-state index contributed by atoms with van der Waals surface area (Å²) < 4.78 is 0. The van der Waals surface area contributed by atoms with Crippen molar-refractivity contribution in [3.8, 4) is 0 Å². The zero-order valence-electron chi connectivity index (χ0n) is 25.5. The van der Waals surface area contributed by atoms with E-state index in [9.17, 15) is 19.2 Å². The number of benzene rings is 3. The van der Waals surface area contributed by atoms with Gasteiger partial charge in [0, 0.05) is 12.1 Å². The van der Waals surface area contributed by atoms with E-state index in [4.69, 9.17) is 4.84 Å². The van der Waals surface area contributed by atoms with Crippen molar-refractivity contribution in [3.05, 3.63) is 118 Å². The molecule has 0 aliphatic carbocycles. The van der Waals surface area contributed by atoms with Crippen LogP contribution in [-0.2, 0) is 16.9 Å². The summed E-state index contributed by atoms with van der Waals surface area (Å²) in [6.07, 6.45) is 0. The molecule has 1 atom stereocenters. The number of aromatic nitrogens is 2. The van der Waals surface area contributed by atoms with Gasteiger partial charge in [-0.1, -0.05) is 60.7 Å². The fraction of sp³-hybridized carbons (Fsp3) is 0.242. The summed E-state index contributed by atoms with van der Waals surface area (Å²) in [5.74, 6) is -1.87. The zero-order valence-corrected chi connectivity index (χ0v) is 25.5. The number of hydrogen-bond acceptors (Lipinski definition) is 7. The Kier molecular flexibility index (Phi) is 8.96. The van der Waals surface area contributed by atoms with Gasteiger partial charge in [0.05, 0.1) is 40.5 Å². The maximum Gasteiger partial charge on any atom is 0.362 e. The van der Waals surface area contributed by atoms with Crippen LogP contribution in [0.5, 0.6) is 0 Å². The molecule has 2 heterocycles. The zero-order chi connectivity index (χ0) is 32.1. The summed E-state index contributed by atoms with van der Waals surface area (Å²) in [5.41, 5.74) is 4.00. The topological polar surface area (TPSA) is 149 Å². The van der Waals surface area contributed by atoms with Crippen molar-refractivity contribution in [1.82, 2.24) is 30.8 Å². The lowest BCUT2D eigenvalue weighted by Gasteiger charge is -2.34. The monoisotopic (exact) mass is 609 g/mol. The molecule has 5 rings (SSSR count). The van der Waals surface area contributed by atoms with Crippen LogP contribution in [0.1, 0.15) is 67.8 Å². The van der Waals surface area contributed by atoms with Crippen LogP contribution in [0.25, 0.3) is 0 Å². The maximum absolute atomic E-state index is 13.7. The van der Waals surface area contributed by atoms with Crippen molar-refractivity contribution in [1.29, 1.82) is 0 Å². The number of urea groups is 1. The Morgan fingerprint density at radius 3 is 2.16 bits per heavy atom. The molecule has 4 aromatic rings. The van der Waals surface area contributed by atoms with Gasteiger partial charge in [-0.2, -0.15) is 10.6 Å². The van der Waals surface area contributed by atoms with Crippen molar-refractivity contribution < 1.29 is 24.0 Å². The van der Waals surface area contributed by atoms with Crippen LogP contribution in [0, 0.1) is 0 Å². The Labute approximate surface area is 260 Å². The molecule has 0 saturated heterocycles. The van der Waals surface area contributed by atoms with Gasteiger partial charge in [-0.05, 0) is 57.8 Å². The van der Waals surface area contributed by atoms with Gasteiger partial charge in [-0.15, -0.1) is 0 Å². The molecular weight excluding hydrogens is 574 g/mol. The Morgan fingerprint density at radius 1 is 0.911 bits per heavy atom. The second kappa shape index (κ2) is 13.0. The van der Waals surface area contributed by atoms with E-state index >= 15 is 0 Å². The number of hydroxylamine groups is 1. The normalized spacial score (nSPS) is 13.9. The molecule has 1 aliphatic rings. The molecule has 4 N–H and O–H groups in total. The molecule has 0 saturated carbocycles. The Hall–Kier alpha value is -5.49. The van der Waals surface area contributed by atoms with Gasteiger partial charge in [0.2, 0.25) is 0 Å². The molecule has 1 aromatic heterocycles. The molecule has 232 valence electrons. The number of hydrogen-bond donors (Lipinski definition) is 4. The van der Waals surface area contributed by atoms with Crippen LogP contribution >= 0.6 is 0 Å². The molecule has 12 heteroatoms. The Balaban J connectivity index is 1.29. The molecule has 12 nitrogen and oxygen atoms in total. The molecule has 0 unspecified atom stereocenters. The summed E-state index contributed by atoms with van der Waals surface area (Å²) in [5, 5.41) is 13.3. The van der Waals surface area contributed by atoms with Crippen LogP contribution < -0.4 is 16.1 Å². The summed E-state index contributed by atoms with van der Waals surface area (Å²) in [7, 11) is 3.90. The van der Waals surface area contributed by atoms with Crippen molar-refractivity contribution in [3.63, 3.8) is 0 Å². The summed E-state index contributed by atoms with van der Waals surface area (Å²) in [6.45, 7) is 4.61. The van der Waals surface area contributed by atoms with Gasteiger partial charge in [0.15, 0.2) is 5.82 Å². The lowest BCUT2D eigenvalue weighted by Crippen LogP contribution is -2.48. The average Bonchev–Trinajstić information content (AvgIpc) is 3.57. The number of amides is 4. The highest BCUT2D eigenvalue weighted by atomic mass is 16.7. The van der Waals surface area contributed by atoms with E-state index in [0.29, 0.717) is 17.8 Å². The van der Waals surface area contributed by atoms with Gasteiger partial charge in [-0.25, -0.2) is 9.59 Å². The first-order valence-electron chi connectivity index (χ1n) is 14.4. The highest BCUT2D eigenvalue weighted by Gasteiger charge is 2.44. The minimum Gasteiger partial charge on any atom is -0.335 e. The summed E-state index contributed by atoms with van der Waals surface area (Å²) >= 11 is 0. The molecule has 4 amide bonds. The maximum atomic E-state index is 13.7. The van der Waals surface area contributed by atoms with E-state index in [1.165, 1.54) is 12.1 Å². The SMILES string of the molecule is CN(C)C[C@@H](NC(=O)N1Cc2c(NC(=O)c3ccccc3C(=O)NOC(=O)c3ccccc3)n[nH]c2C1(C)C)c1ccccc1. The quantitative estimate of drug-likeness (QED) is 0.219. The van der Waals surface area contributed by atoms with E-state index in [0.717, 1.165) is 5.56 Å². The Bertz CT molecular complexity index is 1700. The lowest BCUT2D eigenvalue weighted by atomic mass is 10.0. The van der Waals surface area contributed by atoms with E-state index in [1.807, 2.05) is 63.2 Å². The third-order valence-electron chi connectivity index (χ3n) is 7.66. The second-order valence-corrected chi connectivity index (χ2v) is 11.4. The van der Waals surface area contributed by atoms with Crippen molar-refractivity contribution in [2.24, 2.45) is 0 Å². The number of fused-ring (bicyclic) bond motifs is 1. The molecule has 0 fully saturated rings. The standard InChI is InChI=1S/C33H35N7O5/c1-33(2)27-25(19-40(33)32(44)34-26(20-39(3)4)21-13-7-5-8-14-21)28(37-36-27)35-29(41)23-17-11-12-18-24(23)30(42)38-45-31(43)22-15-9-6-10-16-22/h5-18,26H,19-20H2,1-4H3,(H,34,44)(H,38,42)(H2,35,36,37,41)/t26-/m1/s1. The van der Waals surface area contributed by atoms with Crippen molar-refractivity contribution in [2.45, 2.75) is 32.0 Å². The number of anilines is 1. The van der Waals surface area contributed by atoms with Crippen LogP contribution in [0.2, 0.25) is 0 Å². The van der Waals surface area contributed by atoms with Gasteiger partial charge < -0.3 is 25.3 Å². The number of H-pyrrole nitrogens is 1. The molecule has 0 spiro atoms. The van der Waals surface area contributed by atoms with Crippen molar-refractivity contribution in [2.75, 3.05) is 26.0 Å². The molecule has 0 bridgehead atoms. The van der Waals surface area contributed by atoms with Gasteiger partial charge >= 0.3 is 12.0 Å². The molecule has 45 heavy (non-hydrogen) atoms. The van der Waals surface area contributed by atoms with E-state index in [1.54, 1.807) is 47.4 Å². The number of nitrogens with one attached hydrogen (secondary N) is 4. The first-order chi connectivity index (χ1) is 21.6. The molecular formula is C33H35N7O5. The smallest absolute Gasteiger partial charge is 0.335 e. The number of aromatic amines is 1. The van der Waals surface area contributed by atoms with Crippen LogP contribution in [0.4, 0.5) is 10.6 Å². The number of nitrogens with zero attached hydrogens (tertiary/aromatic N) is 3. The van der Waals surface area contributed by atoms with Crippen LogP contribution in [0.15, 0.2) is 84.9 Å². The highest BCUT2D eigenvalue weighted by Crippen LogP contribution is 2.40. The van der Waals surface area contributed by atoms with Gasteiger partial charge in [0.25, 0.3) is 11.8 Å².